The van der Waals surface area contributed by atoms with Gasteiger partial charge in [-0.1, -0.05) is 11.6 Å². The van der Waals surface area contributed by atoms with Crippen LogP contribution in [0.1, 0.15) is 0 Å². The lowest BCUT2D eigenvalue weighted by Crippen LogP contribution is -2.13. The van der Waals surface area contributed by atoms with Gasteiger partial charge in [0.15, 0.2) is 5.75 Å². The summed E-state index contributed by atoms with van der Waals surface area (Å²) in [4.78, 5) is 9.85. The van der Waals surface area contributed by atoms with Crippen LogP contribution in [0, 0.1) is 15.9 Å². The van der Waals surface area contributed by atoms with E-state index in [9.17, 15) is 22.9 Å². The normalized spacial score (nSPS) is 11.1. The number of methoxy groups -OCH3 is 1. The molecule has 122 valence electrons. The molecule has 2 aromatic rings. The van der Waals surface area contributed by atoms with Crippen LogP contribution in [0.4, 0.5) is 15.8 Å². The smallest absolute Gasteiger partial charge is 0.312 e. The average molecular weight is 361 g/mol. The van der Waals surface area contributed by atoms with Crippen molar-refractivity contribution in [1.82, 2.24) is 0 Å². The zero-order chi connectivity index (χ0) is 17.2. The average Bonchev–Trinajstić information content (AvgIpc) is 2.50. The highest BCUT2D eigenvalue weighted by Gasteiger charge is 2.22. The fraction of sp³-hybridized carbons (Fsp3) is 0.0769. The summed E-state index contributed by atoms with van der Waals surface area (Å²) in [6, 6.07) is 6.45. The summed E-state index contributed by atoms with van der Waals surface area (Å²) in [7, 11) is -2.88. The van der Waals surface area contributed by atoms with Crippen LogP contribution >= 0.6 is 11.6 Å². The lowest BCUT2D eigenvalue weighted by atomic mass is 10.3. The van der Waals surface area contributed by atoms with Gasteiger partial charge in [0.05, 0.1) is 27.6 Å². The van der Waals surface area contributed by atoms with Crippen molar-refractivity contribution in [2.45, 2.75) is 4.90 Å². The summed E-state index contributed by atoms with van der Waals surface area (Å²) in [6.07, 6.45) is 0. The van der Waals surface area contributed by atoms with E-state index in [1.807, 2.05) is 0 Å². The van der Waals surface area contributed by atoms with Crippen LogP contribution in [0.2, 0.25) is 5.02 Å². The number of benzene rings is 2. The van der Waals surface area contributed by atoms with Crippen LogP contribution in [0.25, 0.3) is 0 Å². The van der Waals surface area contributed by atoms with Crippen molar-refractivity contribution in [3.05, 3.63) is 57.4 Å². The zero-order valence-corrected chi connectivity index (χ0v) is 13.2. The number of halogens is 2. The number of nitrogens with zero attached hydrogens (tertiary/aromatic N) is 1. The molecule has 0 saturated heterocycles. The maximum absolute atomic E-state index is 13.1. The molecule has 0 heterocycles. The molecule has 0 amide bonds. The van der Waals surface area contributed by atoms with Gasteiger partial charge in [-0.25, -0.2) is 12.8 Å². The number of anilines is 1. The highest BCUT2D eigenvalue weighted by atomic mass is 35.5. The van der Waals surface area contributed by atoms with Crippen LogP contribution in [0.5, 0.6) is 5.75 Å². The topological polar surface area (TPSA) is 98.5 Å². The Morgan fingerprint density at radius 2 is 1.96 bits per heavy atom. The molecule has 23 heavy (non-hydrogen) atoms. The number of nitrogens with one attached hydrogen (secondary N) is 1. The minimum Gasteiger partial charge on any atom is -0.490 e. The fourth-order valence-electron chi connectivity index (χ4n) is 1.75. The van der Waals surface area contributed by atoms with Crippen LogP contribution in [-0.4, -0.2) is 20.5 Å². The van der Waals surface area contributed by atoms with Crippen molar-refractivity contribution in [1.29, 1.82) is 0 Å². The summed E-state index contributed by atoms with van der Waals surface area (Å²) >= 11 is 5.58. The van der Waals surface area contributed by atoms with Gasteiger partial charge >= 0.3 is 5.69 Å². The van der Waals surface area contributed by atoms with E-state index in [4.69, 9.17) is 16.3 Å². The second-order valence-corrected chi connectivity index (χ2v) is 6.41. The second kappa shape index (κ2) is 6.39. The molecular weight excluding hydrogens is 351 g/mol. The Morgan fingerprint density at radius 3 is 2.52 bits per heavy atom. The molecule has 0 aromatic heterocycles. The van der Waals surface area contributed by atoms with Crippen LogP contribution in [0.3, 0.4) is 0 Å². The third kappa shape index (κ3) is 3.69. The fourth-order valence-corrected chi connectivity index (χ4v) is 3.00. The molecule has 1 N–H and O–H groups in total. The van der Waals surface area contributed by atoms with E-state index in [1.54, 1.807) is 0 Å². The van der Waals surface area contributed by atoms with Gasteiger partial charge in [0, 0.05) is 6.07 Å². The number of nitro benzene ring substituents is 1. The maximum Gasteiger partial charge on any atom is 0.312 e. The molecule has 2 rings (SSSR count). The molecule has 0 radical (unpaired) electrons. The summed E-state index contributed by atoms with van der Waals surface area (Å²) in [6.45, 7) is 0. The van der Waals surface area contributed by atoms with Gasteiger partial charge in [-0.15, -0.1) is 0 Å². The number of rotatable bonds is 5. The van der Waals surface area contributed by atoms with Crippen molar-refractivity contribution < 1.29 is 22.5 Å². The number of sulfonamides is 1. The molecule has 2 aromatic carbocycles. The third-order valence-electron chi connectivity index (χ3n) is 2.83. The minimum absolute atomic E-state index is 0.0230. The monoisotopic (exact) mass is 360 g/mol. The molecule has 0 aliphatic carbocycles. The molecule has 0 fully saturated rings. The number of ether oxygens (including phenoxy) is 1. The quantitative estimate of drug-likeness (QED) is 0.652. The highest BCUT2D eigenvalue weighted by Crippen LogP contribution is 2.30. The molecule has 0 spiro atoms. The van der Waals surface area contributed by atoms with E-state index in [2.05, 4.69) is 4.72 Å². The van der Waals surface area contributed by atoms with Crippen molar-refractivity contribution in [2.75, 3.05) is 11.8 Å². The van der Waals surface area contributed by atoms with E-state index >= 15 is 0 Å². The lowest BCUT2D eigenvalue weighted by Gasteiger charge is -2.09. The Hall–Kier alpha value is -2.39. The molecule has 7 nitrogen and oxygen atoms in total. The first kappa shape index (κ1) is 17.0. The van der Waals surface area contributed by atoms with Crippen LogP contribution in [-0.2, 0) is 10.0 Å². The van der Waals surface area contributed by atoms with Gasteiger partial charge < -0.3 is 4.74 Å². The van der Waals surface area contributed by atoms with Gasteiger partial charge in [-0.05, 0) is 30.3 Å². The number of hydrogen-bond donors (Lipinski definition) is 1. The predicted molar refractivity (Wildman–Crippen MR) is 81.9 cm³/mol. The largest absolute Gasteiger partial charge is 0.490 e. The van der Waals surface area contributed by atoms with E-state index in [-0.39, 0.29) is 21.4 Å². The zero-order valence-electron chi connectivity index (χ0n) is 11.6. The van der Waals surface area contributed by atoms with E-state index in [1.165, 1.54) is 19.2 Å². The molecule has 0 aliphatic heterocycles. The van der Waals surface area contributed by atoms with Crippen molar-refractivity contribution in [2.24, 2.45) is 0 Å². The van der Waals surface area contributed by atoms with Crippen LogP contribution in [0.15, 0.2) is 41.3 Å². The van der Waals surface area contributed by atoms with Crippen molar-refractivity contribution >= 4 is 33.0 Å². The van der Waals surface area contributed by atoms with Crippen molar-refractivity contribution in [3.8, 4) is 5.75 Å². The summed E-state index contributed by atoms with van der Waals surface area (Å²) in [5, 5.41) is 10.7. The van der Waals surface area contributed by atoms with E-state index in [0.717, 1.165) is 24.3 Å². The van der Waals surface area contributed by atoms with Gasteiger partial charge in [-0.3, -0.25) is 14.8 Å². The lowest BCUT2D eigenvalue weighted by molar-refractivity contribution is -0.386. The summed E-state index contributed by atoms with van der Waals surface area (Å²) in [5.74, 6) is -0.770. The van der Waals surface area contributed by atoms with Crippen molar-refractivity contribution in [3.63, 3.8) is 0 Å². The molecule has 0 bridgehead atoms. The molecule has 0 aliphatic rings. The Morgan fingerprint density at radius 1 is 1.26 bits per heavy atom. The SMILES string of the molecule is COc1ccc(S(=O)(=O)Nc2ccc(F)c(Cl)c2)cc1[N+](=O)[O-]. The van der Waals surface area contributed by atoms with Gasteiger partial charge in [0.2, 0.25) is 0 Å². The molecular formula is C13H10ClFN2O5S. The molecule has 0 atom stereocenters. The van der Waals surface area contributed by atoms with Gasteiger partial charge in [0.1, 0.15) is 5.82 Å². The van der Waals surface area contributed by atoms with Gasteiger partial charge in [0.25, 0.3) is 10.0 Å². The predicted octanol–water partition coefficient (Wildman–Crippen LogP) is 3.20. The first-order valence-corrected chi connectivity index (χ1v) is 7.91. The Balaban J connectivity index is 2.41. The minimum atomic E-state index is -4.12. The number of nitro groups is 1. The Kier molecular flexibility index (Phi) is 4.71. The second-order valence-electron chi connectivity index (χ2n) is 4.33. The number of hydrogen-bond acceptors (Lipinski definition) is 5. The molecule has 0 unspecified atom stereocenters. The Bertz CT molecular complexity index is 873. The summed E-state index contributed by atoms with van der Waals surface area (Å²) in [5.41, 5.74) is -0.470. The van der Waals surface area contributed by atoms with E-state index in [0.29, 0.717) is 0 Å². The molecule has 10 heteroatoms. The molecule has 0 saturated carbocycles. The van der Waals surface area contributed by atoms with Gasteiger partial charge in [-0.2, -0.15) is 0 Å². The van der Waals surface area contributed by atoms with Crippen LogP contribution < -0.4 is 9.46 Å². The first-order valence-electron chi connectivity index (χ1n) is 6.05. The standard InChI is InChI=1S/C13H10ClFN2O5S/c1-22-13-5-3-9(7-12(13)17(18)19)23(20,21)16-8-2-4-11(15)10(14)6-8/h2-7,16H,1H3. The Labute approximate surface area is 135 Å². The summed E-state index contributed by atoms with van der Waals surface area (Å²) < 4.78 is 44.6. The first-order chi connectivity index (χ1) is 10.7. The maximum atomic E-state index is 13.1. The third-order valence-corrected chi connectivity index (χ3v) is 4.50. The van der Waals surface area contributed by atoms with E-state index < -0.39 is 26.5 Å². The highest BCUT2D eigenvalue weighted by molar-refractivity contribution is 7.92.